The van der Waals surface area contributed by atoms with Gasteiger partial charge in [0.05, 0.1) is 29.3 Å². The van der Waals surface area contributed by atoms with Crippen molar-refractivity contribution < 1.29 is 33.8 Å². The molecular weight excluding hydrogens is 342 g/mol. The summed E-state index contributed by atoms with van der Waals surface area (Å²) in [7, 11) is 0. The van der Waals surface area contributed by atoms with Gasteiger partial charge in [-0.2, -0.15) is 0 Å². The van der Waals surface area contributed by atoms with E-state index >= 15 is 0 Å². The molecule has 0 heterocycles. The van der Waals surface area contributed by atoms with Gasteiger partial charge in [0.15, 0.2) is 0 Å². The molecule has 140 valence electrons. The number of nitrogens with one attached hydrogen (secondary N) is 1. The Bertz CT molecular complexity index is 711. The Hall–Kier alpha value is -3.16. The molecule has 0 saturated heterocycles. The molecule has 0 aliphatic heterocycles. The number of benzene rings is 1. The topological polar surface area (TPSA) is 119 Å². The largest absolute Gasteiger partial charge is 0.478 e. The number of hydrogen-bond donors (Lipinski definition) is 2. The average molecular weight is 363 g/mol. The molecule has 26 heavy (non-hydrogen) atoms. The molecular formula is C18H21NO7. The zero-order valence-corrected chi connectivity index (χ0v) is 14.6. The maximum atomic E-state index is 12.3. The van der Waals surface area contributed by atoms with Gasteiger partial charge in [-0.15, -0.1) is 0 Å². The number of aromatic carboxylic acids is 1. The molecule has 1 amide bonds. The highest BCUT2D eigenvalue weighted by molar-refractivity contribution is 6.07. The van der Waals surface area contributed by atoms with Crippen LogP contribution >= 0.6 is 0 Å². The van der Waals surface area contributed by atoms with Crippen LogP contribution in [0.5, 0.6) is 0 Å². The summed E-state index contributed by atoms with van der Waals surface area (Å²) in [5, 5.41) is 11.5. The fourth-order valence-electron chi connectivity index (χ4n) is 1.84. The molecule has 1 unspecified atom stereocenters. The van der Waals surface area contributed by atoms with Crippen molar-refractivity contribution in [1.82, 2.24) is 5.32 Å². The summed E-state index contributed by atoms with van der Waals surface area (Å²) in [4.78, 5) is 46.7. The fraction of sp³-hybridized carbons (Fsp3) is 0.333. The minimum Gasteiger partial charge on any atom is -0.478 e. The fourth-order valence-corrected chi connectivity index (χ4v) is 1.84. The van der Waals surface area contributed by atoms with Gasteiger partial charge in [0.1, 0.15) is 6.61 Å². The summed E-state index contributed by atoms with van der Waals surface area (Å²) in [6, 6.07) is 3.56. The summed E-state index contributed by atoms with van der Waals surface area (Å²) in [6.07, 6.45) is 1.23. The molecule has 0 aliphatic rings. The number of esters is 2. The smallest absolute Gasteiger partial charge is 0.339 e. The van der Waals surface area contributed by atoms with Gasteiger partial charge in [0, 0.05) is 6.08 Å². The van der Waals surface area contributed by atoms with Crippen LogP contribution in [0.25, 0.3) is 0 Å². The Morgan fingerprint density at radius 1 is 1.27 bits per heavy atom. The molecule has 0 aliphatic carbocycles. The summed E-state index contributed by atoms with van der Waals surface area (Å²) < 4.78 is 9.93. The van der Waals surface area contributed by atoms with Crippen molar-refractivity contribution in [3.63, 3.8) is 0 Å². The Labute approximate surface area is 150 Å². The number of rotatable bonds is 9. The van der Waals surface area contributed by atoms with Crippen molar-refractivity contribution in [2.75, 3.05) is 13.2 Å². The summed E-state index contributed by atoms with van der Waals surface area (Å²) in [6.45, 7) is 6.67. The van der Waals surface area contributed by atoms with E-state index in [-0.39, 0.29) is 35.9 Å². The van der Waals surface area contributed by atoms with E-state index in [2.05, 4.69) is 11.9 Å². The second kappa shape index (κ2) is 9.97. The quantitative estimate of drug-likeness (QED) is 0.390. The number of carbonyl (C=O) groups excluding carboxylic acids is 3. The normalized spacial score (nSPS) is 11.2. The summed E-state index contributed by atoms with van der Waals surface area (Å²) in [5.41, 5.74) is -0.322. The molecule has 1 atom stereocenters. The average Bonchev–Trinajstić information content (AvgIpc) is 2.63. The second-order valence-electron chi connectivity index (χ2n) is 5.32. The lowest BCUT2D eigenvalue weighted by molar-refractivity contribution is -0.137. The molecule has 1 rings (SSSR count). The molecule has 0 bridgehead atoms. The number of amides is 1. The third-order valence-corrected chi connectivity index (χ3v) is 3.41. The van der Waals surface area contributed by atoms with E-state index in [1.807, 2.05) is 6.92 Å². The Morgan fingerprint density at radius 2 is 1.96 bits per heavy atom. The van der Waals surface area contributed by atoms with Crippen molar-refractivity contribution in [3.8, 4) is 0 Å². The van der Waals surface area contributed by atoms with Crippen molar-refractivity contribution in [1.29, 1.82) is 0 Å². The van der Waals surface area contributed by atoms with Crippen LogP contribution in [0.3, 0.4) is 0 Å². The van der Waals surface area contributed by atoms with Gasteiger partial charge in [0.25, 0.3) is 5.91 Å². The van der Waals surface area contributed by atoms with Crippen LogP contribution in [-0.4, -0.2) is 48.2 Å². The highest BCUT2D eigenvalue weighted by Gasteiger charge is 2.21. The lowest BCUT2D eigenvalue weighted by atomic mass is 10.0. The number of carboxylic acids is 1. The maximum Gasteiger partial charge on any atom is 0.339 e. The first-order valence-electron chi connectivity index (χ1n) is 7.95. The molecule has 8 nitrogen and oxygen atoms in total. The number of carboxylic acid groups (broad SMARTS) is 1. The first kappa shape index (κ1) is 20.9. The van der Waals surface area contributed by atoms with E-state index < -0.39 is 23.8 Å². The number of hydrogen-bond acceptors (Lipinski definition) is 6. The highest BCUT2D eigenvalue weighted by atomic mass is 16.5. The monoisotopic (exact) mass is 363 g/mol. The van der Waals surface area contributed by atoms with Crippen LogP contribution in [0.15, 0.2) is 30.9 Å². The third kappa shape index (κ3) is 6.04. The molecule has 0 saturated carbocycles. The zero-order chi connectivity index (χ0) is 19.7. The van der Waals surface area contributed by atoms with E-state index in [4.69, 9.17) is 14.6 Å². The van der Waals surface area contributed by atoms with Crippen molar-refractivity contribution in [2.24, 2.45) is 0 Å². The van der Waals surface area contributed by atoms with Gasteiger partial charge in [-0.05, 0) is 31.5 Å². The molecule has 8 heteroatoms. The van der Waals surface area contributed by atoms with Gasteiger partial charge in [0.2, 0.25) is 0 Å². The van der Waals surface area contributed by atoms with E-state index in [1.54, 1.807) is 6.92 Å². The predicted octanol–water partition coefficient (Wildman–Crippen LogP) is 1.80. The highest BCUT2D eigenvalue weighted by Crippen LogP contribution is 2.15. The van der Waals surface area contributed by atoms with Crippen LogP contribution < -0.4 is 5.32 Å². The number of ether oxygens (including phenoxy) is 2. The molecule has 0 radical (unpaired) electrons. The second-order valence-corrected chi connectivity index (χ2v) is 5.32. The van der Waals surface area contributed by atoms with Gasteiger partial charge in [-0.3, -0.25) is 4.79 Å². The van der Waals surface area contributed by atoms with E-state index in [0.29, 0.717) is 6.42 Å². The Morgan fingerprint density at radius 3 is 2.54 bits per heavy atom. The van der Waals surface area contributed by atoms with Gasteiger partial charge >= 0.3 is 17.9 Å². The van der Waals surface area contributed by atoms with Gasteiger partial charge < -0.3 is 19.9 Å². The van der Waals surface area contributed by atoms with Crippen LogP contribution in [-0.2, 0) is 14.3 Å². The maximum absolute atomic E-state index is 12.3. The minimum atomic E-state index is -1.24. The lowest BCUT2D eigenvalue weighted by Crippen LogP contribution is -2.30. The standard InChI is InChI=1S/C18H21NO7/c1-4-11(3)26-18(24)13-7-6-12(17(22)23)10-14(13)16(21)19-8-9-25-15(20)5-2/h5-7,10-11H,2,4,8-9H2,1,3H3,(H,19,21)(H,22,23). The van der Waals surface area contributed by atoms with E-state index in [0.717, 1.165) is 12.1 Å². The van der Waals surface area contributed by atoms with Crippen LogP contribution in [0.1, 0.15) is 51.3 Å². The van der Waals surface area contributed by atoms with E-state index in [1.165, 1.54) is 12.1 Å². The summed E-state index contributed by atoms with van der Waals surface area (Å²) >= 11 is 0. The van der Waals surface area contributed by atoms with Crippen LogP contribution in [0.2, 0.25) is 0 Å². The Kier molecular flexibility index (Phi) is 8.01. The van der Waals surface area contributed by atoms with Crippen molar-refractivity contribution >= 4 is 23.8 Å². The molecule has 0 fully saturated rings. The van der Waals surface area contributed by atoms with Crippen LogP contribution in [0, 0.1) is 0 Å². The molecule has 0 spiro atoms. The molecule has 0 aromatic heterocycles. The minimum absolute atomic E-state index is 0.0183. The third-order valence-electron chi connectivity index (χ3n) is 3.41. The molecule has 1 aromatic rings. The van der Waals surface area contributed by atoms with Gasteiger partial charge in [-0.1, -0.05) is 13.5 Å². The molecule has 1 aromatic carbocycles. The number of carbonyl (C=O) groups is 4. The van der Waals surface area contributed by atoms with E-state index in [9.17, 15) is 19.2 Å². The summed E-state index contributed by atoms with van der Waals surface area (Å²) in [5.74, 6) is -3.27. The SMILES string of the molecule is C=CC(=O)OCCNC(=O)c1cc(C(=O)O)ccc1C(=O)OC(C)CC. The first-order chi connectivity index (χ1) is 12.3. The van der Waals surface area contributed by atoms with Crippen molar-refractivity contribution in [3.05, 3.63) is 47.5 Å². The van der Waals surface area contributed by atoms with Crippen LogP contribution in [0.4, 0.5) is 0 Å². The Balaban J connectivity index is 2.96. The van der Waals surface area contributed by atoms with Crippen molar-refractivity contribution in [2.45, 2.75) is 26.4 Å². The zero-order valence-electron chi connectivity index (χ0n) is 14.6. The molecule has 2 N–H and O–H groups in total. The predicted molar refractivity (Wildman–Crippen MR) is 92.1 cm³/mol. The lowest BCUT2D eigenvalue weighted by Gasteiger charge is -2.14. The first-order valence-corrected chi connectivity index (χ1v) is 7.95. The van der Waals surface area contributed by atoms with Gasteiger partial charge in [-0.25, -0.2) is 14.4 Å².